The number of carbonyl (C=O) groups is 2. The minimum atomic E-state index is -0.331. The molecule has 0 fully saturated rings. The standard InChI is InChI=1S/C17H15BrClN3O2/c18-14-3-1-2-4-15(14)21-16(23)9-10-17(24)22-20-11-12-5-7-13(19)8-6-12/h1-8,11H,9-10H2,(H,21,23)(H,22,24)/b20-11-. The van der Waals surface area contributed by atoms with Crippen molar-refractivity contribution in [2.24, 2.45) is 5.10 Å². The molecule has 0 saturated heterocycles. The average molecular weight is 409 g/mol. The van der Waals surface area contributed by atoms with Gasteiger partial charge in [-0.3, -0.25) is 9.59 Å². The summed E-state index contributed by atoms with van der Waals surface area (Å²) in [6.07, 6.45) is 1.63. The molecule has 2 aromatic carbocycles. The molecule has 0 unspecified atom stereocenters. The van der Waals surface area contributed by atoms with Gasteiger partial charge in [-0.1, -0.05) is 35.9 Å². The number of rotatable bonds is 6. The fourth-order valence-corrected chi connectivity index (χ4v) is 2.30. The lowest BCUT2D eigenvalue weighted by Gasteiger charge is -2.06. The lowest BCUT2D eigenvalue weighted by Crippen LogP contribution is -2.20. The highest BCUT2D eigenvalue weighted by molar-refractivity contribution is 9.10. The fourth-order valence-electron chi connectivity index (χ4n) is 1.79. The lowest BCUT2D eigenvalue weighted by atomic mass is 10.2. The Morgan fingerprint density at radius 1 is 1.04 bits per heavy atom. The number of halogens is 2. The van der Waals surface area contributed by atoms with Crippen LogP contribution in [0.5, 0.6) is 0 Å². The number of carbonyl (C=O) groups excluding carboxylic acids is 2. The van der Waals surface area contributed by atoms with Gasteiger partial charge in [-0.2, -0.15) is 5.10 Å². The normalized spacial score (nSPS) is 10.6. The van der Waals surface area contributed by atoms with Gasteiger partial charge in [0.15, 0.2) is 0 Å². The van der Waals surface area contributed by atoms with E-state index in [2.05, 4.69) is 31.8 Å². The summed E-state index contributed by atoms with van der Waals surface area (Å²) >= 11 is 9.12. The van der Waals surface area contributed by atoms with E-state index in [0.717, 1.165) is 10.0 Å². The van der Waals surface area contributed by atoms with Gasteiger partial charge in [-0.05, 0) is 45.8 Å². The predicted molar refractivity (Wildman–Crippen MR) is 99.2 cm³/mol. The Morgan fingerprint density at radius 2 is 1.71 bits per heavy atom. The van der Waals surface area contributed by atoms with E-state index in [4.69, 9.17) is 11.6 Å². The second-order valence-corrected chi connectivity index (χ2v) is 6.16. The summed E-state index contributed by atoms with van der Waals surface area (Å²) in [7, 11) is 0. The molecule has 24 heavy (non-hydrogen) atoms. The quantitative estimate of drug-likeness (QED) is 0.561. The summed E-state index contributed by atoms with van der Waals surface area (Å²) in [5, 5.41) is 7.21. The molecule has 0 saturated carbocycles. The Hall–Kier alpha value is -2.18. The zero-order chi connectivity index (χ0) is 17.4. The Morgan fingerprint density at radius 3 is 2.42 bits per heavy atom. The molecule has 0 aliphatic heterocycles. The van der Waals surface area contributed by atoms with E-state index in [-0.39, 0.29) is 24.7 Å². The Bertz CT molecular complexity index is 748. The second kappa shape index (κ2) is 9.20. The van der Waals surface area contributed by atoms with Gasteiger partial charge in [0.25, 0.3) is 0 Å². The smallest absolute Gasteiger partial charge is 0.240 e. The Labute approximate surface area is 153 Å². The van der Waals surface area contributed by atoms with Crippen LogP contribution in [0.3, 0.4) is 0 Å². The molecular weight excluding hydrogens is 394 g/mol. The largest absolute Gasteiger partial charge is 0.325 e. The van der Waals surface area contributed by atoms with Gasteiger partial charge in [-0.15, -0.1) is 0 Å². The molecule has 0 atom stereocenters. The number of hydrogen-bond acceptors (Lipinski definition) is 3. The van der Waals surface area contributed by atoms with Crippen LogP contribution in [0.15, 0.2) is 58.1 Å². The van der Waals surface area contributed by atoms with Crippen molar-refractivity contribution in [3.05, 3.63) is 63.6 Å². The molecular formula is C17H15BrClN3O2. The van der Waals surface area contributed by atoms with Crippen molar-refractivity contribution in [3.8, 4) is 0 Å². The third kappa shape index (κ3) is 6.14. The molecule has 0 spiro atoms. The van der Waals surface area contributed by atoms with Crippen molar-refractivity contribution in [1.29, 1.82) is 0 Å². The number of anilines is 1. The van der Waals surface area contributed by atoms with Crippen LogP contribution in [0.4, 0.5) is 5.69 Å². The highest BCUT2D eigenvalue weighted by Crippen LogP contribution is 2.21. The number of para-hydroxylation sites is 1. The number of hydrogen-bond donors (Lipinski definition) is 2. The van der Waals surface area contributed by atoms with E-state index in [1.807, 2.05) is 18.2 Å². The van der Waals surface area contributed by atoms with Crippen LogP contribution in [0, 0.1) is 0 Å². The third-order valence-corrected chi connectivity index (χ3v) is 3.94. The predicted octanol–water partition coefficient (Wildman–Crippen LogP) is 3.97. The van der Waals surface area contributed by atoms with Crippen LogP contribution in [0.2, 0.25) is 5.02 Å². The Kier molecular flexibility index (Phi) is 6.96. The molecule has 7 heteroatoms. The lowest BCUT2D eigenvalue weighted by molar-refractivity contribution is -0.124. The monoisotopic (exact) mass is 407 g/mol. The van der Waals surface area contributed by atoms with Crippen LogP contribution in [-0.4, -0.2) is 18.0 Å². The summed E-state index contributed by atoms with van der Waals surface area (Å²) < 4.78 is 0.787. The number of nitrogens with one attached hydrogen (secondary N) is 2. The fraction of sp³-hybridized carbons (Fsp3) is 0.118. The summed E-state index contributed by atoms with van der Waals surface area (Å²) in [6.45, 7) is 0. The molecule has 0 aromatic heterocycles. The van der Waals surface area contributed by atoms with Gasteiger partial charge in [-0.25, -0.2) is 5.43 Å². The molecule has 0 heterocycles. The number of nitrogens with zero attached hydrogens (tertiary/aromatic N) is 1. The molecule has 2 aromatic rings. The first kappa shape index (κ1) is 18.2. The summed E-state index contributed by atoms with van der Waals surface area (Å²) in [5.74, 6) is -0.568. The van der Waals surface area contributed by atoms with E-state index >= 15 is 0 Å². The van der Waals surface area contributed by atoms with Gasteiger partial charge in [0.2, 0.25) is 11.8 Å². The van der Waals surface area contributed by atoms with Crippen molar-refractivity contribution in [2.75, 3.05) is 5.32 Å². The van der Waals surface area contributed by atoms with E-state index < -0.39 is 0 Å². The molecule has 2 rings (SSSR count). The molecule has 2 N–H and O–H groups in total. The topological polar surface area (TPSA) is 70.6 Å². The molecule has 2 amide bonds. The first-order valence-electron chi connectivity index (χ1n) is 7.16. The number of benzene rings is 2. The van der Waals surface area contributed by atoms with Crippen LogP contribution < -0.4 is 10.7 Å². The van der Waals surface area contributed by atoms with E-state index in [1.165, 1.54) is 6.21 Å². The average Bonchev–Trinajstić information content (AvgIpc) is 2.57. The first-order valence-corrected chi connectivity index (χ1v) is 8.33. The SMILES string of the molecule is O=C(CCC(=O)Nc1ccccc1Br)N/N=C\c1ccc(Cl)cc1. The van der Waals surface area contributed by atoms with Crippen molar-refractivity contribution in [2.45, 2.75) is 12.8 Å². The molecule has 0 aliphatic rings. The molecule has 5 nitrogen and oxygen atoms in total. The minimum Gasteiger partial charge on any atom is -0.325 e. The summed E-state index contributed by atoms with van der Waals surface area (Å²) in [4.78, 5) is 23.5. The van der Waals surface area contributed by atoms with Crippen molar-refractivity contribution >= 4 is 51.2 Å². The maximum atomic E-state index is 11.8. The molecule has 0 bridgehead atoms. The highest BCUT2D eigenvalue weighted by Gasteiger charge is 2.08. The maximum Gasteiger partial charge on any atom is 0.240 e. The van der Waals surface area contributed by atoms with Crippen molar-refractivity contribution in [3.63, 3.8) is 0 Å². The van der Waals surface area contributed by atoms with Crippen LogP contribution >= 0.6 is 27.5 Å². The molecule has 0 radical (unpaired) electrons. The minimum absolute atomic E-state index is 0.0498. The van der Waals surface area contributed by atoms with Gasteiger partial charge in [0.1, 0.15) is 0 Å². The van der Waals surface area contributed by atoms with Crippen molar-refractivity contribution < 1.29 is 9.59 Å². The van der Waals surface area contributed by atoms with E-state index in [9.17, 15) is 9.59 Å². The molecule has 0 aliphatic carbocycles. The van der Waals surface area contributed by atoms with Gasteiger partial charge < -0.3 is 5.32 Å². The van der Waals surface area contributed by atoms with Gasteiger partial charge in [0.05, 0.1) is 11.9 Å². The Balaban J connectivity index is 1.73. The zero-order valence-electron chi connectivity index (χ0n) is 12.6. The highest BCUT2D eigenvalue weighted by atomic mass is 79.9. The number of amides is 2. The summed E-state index contributed by atoms with van der Waals surface area (Å²) in [5.41, 5.74) is 3.87. The third-order valence-electron chi connectivity index (χ3n) is 3.00. The maximum absolute atomic E-state index is 11.8. The zero-order valence-corrected chi connectivity index (χ0v) is 15.0. The van der Waals surface area contributed by atoms with Gasteiger partial charge >= 0.3 is 0 Å². The van der Waals surface area contributed by atoms with Crippen LogP contribution in [0.1, 0.15) is 18.4 Å². The van der Waals surface area contributed by atoms with Gasteiger partial charge in [0, 0.05) is 22.3 Å². The molecule has 124 valence electrons. The number of hydrazone groups is 1. The van der Waals surface area contributed by atoms with Crippen LogP contribution in [0.25, 0.3) is 0 Å². The first-order chi connectivity index (χ1) is 11.5. The second-order valence-electron chi connectivity index (χ2n) is 4.87. The summed E-state index contributed by atoms with van der Waals surface area (Å²) in [6, 6.07) is 14.3. The van der Waals surface area contributed by atoms with Crippen molar-refractivity contribution in [1.82, 2.24) is 5.43 Å². The van der Waals surface area contributed by atoms with E-state index in [0.29, 0.717) is 10.7 Å². The van der Waals surface area contributed by atoms with E-state index in [1.54, 1.807) is 30.3 Å². The van der Waals surface area contributed by atoms with Crippen LogP contribution in [-0.2, 0) is 9.59 Å².